The predicted molar refractivity (Wildman–Crippen MR) is 42.4 cm³/mol. The monoisotopic (exact) mass is 132 g/mol. The van der Waals surface area contributed by atoms with E-state index >= 15 is 0 Å². The maximum absolute atomic E-state index is 3.48. The van der Waals surface area contributed by atoms with Gasteiger partial charge in [0.25, 0.3) is 0 Å². The Kier molecular flexibility index (Phi) is 1.62. The second kappa shape index (κ2) is 2.61. The van der Waals surface area contributed by atoms with E-state index in [1.807, 2.05) is 0 Å². The van der Waals surface area contributed by atoms with Crippen molar-refractivity contribution in [1.29, 1.82) is 0 Å². The van der Waals surface area contributed by atoms with Crippen molar-refractivity contribution in [1.82, 2.24) is 0 Å². The normalized spacial score (nSPS) is 37.6. The van der Waals surface area contributed by atoms with Crippen molar-refractivity contribution in [2.45, 2.75) is 19.3 Å². The van der Waals surface area contributed by atoms with Gasteiger partial charge in [0.15, 0.2) is 0 Å². The lowest BCUT2D eigenvalue weighted by Crippen LogP contribution is -2.17. The van der Waals surface area contributed by atoms with Crippen molar-refractivity contribution < 1.29 is 0 Å². The molecule has 2 radical (unpaired) electrons. The molecule has 2 unspecified atom stereocenters. The molecule has 10 heavy (non-hydrogen) atoms. The highest BCUT2D eigenvalue weighted by Crippen LogP contribution is 2.32. The fourth-order valence-electron chi connectivity index (χ4n) is 1.75. The Labute approximate surface area is 62.6 Å². The zero-order chi connectivity index (χ0) is 6.81. The van der Waals surface area contributed by atoms with Crippen LogP contribution in [0.5, 0.6) is 0 Å². The summed E-state index contributed by atoms with van der Waals surface area (Å²) < 4.78 is 0. The molecule has 0 spiro atoms. The molecule has 52 valence electrons. The molecular formula is C10H12. The molecule has 2 aliphatic rings. The predicted octanol–water partition coefficient (Wildman–Crippen LogP) is 2.61. The molecule has 0 N–H and O–H groups in total. The van der Waals surface area contributed by atoms with Crippen LogP contribution in [0.1, 0.15) is 19.3 Å². The molecule has 0 aliphatic heterocycles. The van der Waals surface area contributed by atoms with Gasteiger partial charge in [-0.05, 0) is 31.1 Å². The standard InChI is InChI=1S/C10H12/c1-2-6-10-8-4-3-7-9(10)5-1/h1-2,5-6,9-10H,3-4,7H2. The van der Waals surface area contributed by atoms with Crippen LogP contribution >= 0.6 is 0 Å². The van der Waals surface area contributed by atoms with Gasteiger partial charge in [-0.15, -0.1) is 0 Å². The third-order valence-electron chi connectivity index (χ3n) is 2.34. The molecule has 0 aromatic carbocycles. The average molecular weight is 132 g/mol. The van der Waals surface area contributed by atoms with Gasteiger partial charge in [-0.1, -0.05) is 30.7 Å². The molecule has 0 aromatic heterocycles. The highest BCUT2D eigenvalue weighted by atomic mass is 14.3. The summed E-state index contributed by atoms with van der Waals surface area (Å²) in [6.07, 6.45) is 16.3. The fraction of sp³-hybridized carbons (Fsp3) is 0.500. The minimum absolute atomic E-state index is 0.638. The second-order valence-corrected chi connectivity index (χ2v) is 3.06. The maximum atomic E-state index is 3.48. The first-order valence-electron chi connectivity index (χ1n) is 4.05. The number of hydrogen-bond donors (Lipinski definition) is 0. The van der Waals surface area contributed by atoms with E-state index < -0.39 is 0 Å². The van der Waals surface area contributed by atoms with Crippen molar-refractivity contribution in [3.8, 4) is 0 Å². The van der Waals surface area contributed by atoms with Gasteiger partial charge in [0.1, 0.15) is 0 Å². The SMILES string of the molecule is [C]1CCCC2C=CC=CC12. The van der Waals surface area contributed by atoms with Crippen LogP contribution in [0, 0.1) is 18.3 Å². The topological polar surface area (TPSA) is 0 Å². The van der Waals surface area contributed by atoms with E-state index in [1.165, 1.54) is 19.3 Å². The Morgan fingerprint density at radius 3 is 3.00 bits per heavy atom. The fourth-order valence-corrected chi connectivity index (χ4v) is 1.75. The smallest absolute Gasteiger partial charge is 0.00928 e. The van der Waals surface area contributed by atoms with Crippen LogP contribution < -0.4 is 0 Å². The van der Waals surface area contributed by atoms with E-state index in [1.54, 1.807) is 0 Å². The molecule has 0 bridgehead atoms. The van der Waals surface area contributed by atoms with Gasteiger partial charge < -0.3 is 0 Å². The Morgan fingerprint density at radius 2 is 2.10 bits per heavy atom. The minimum atomic E-state index is 0.638. The van der Waals surface area contributed by atoms with Gasteiger partial charge in [0, 0.05) is 0 Å². The average Bonchev–Trinajstić information content (AvgIpc) is 2.05. The van der Waals surface area contributed by atoms with Crippen molar-refractivity contribution in [2.75, 3.05) is 0 Å². The van der Waals surface area contributed by atoms with E-state index in [2.05, 4.69) is 30.7 Å². The van der Waals surface area contributed by atoms with E-state index in [4.69, 9.17) is 0 Å². The first-order valence-corrected chi connectivity index (χ1v) is 4.05. The Hall–Kier alpha value is -0.520. The Bertz CT molecular complexity index is 145. The van der Waals surface area contributed by atoms with Crippen molar-refractivity contribution in [3.63, 3.8) is 0 Å². The lowest BCUT2D eigenvalue weighted by molar-refractivity contribution is 0.408. The summed E-state index contributed by atoms with van der Waals surface area (Å²) >= 11 is 0. The van der Waals surface area contributed by atoms with Gasteiger partial charge in [0.05, 0.1) is 0 Å². The molecule has 0 heterocycles. The van der Waals surface area contributed by atoms with E-state index in [9.17, 15) is 0 Å². The molecule has 1 saturated carbocycles. The second-order valence-electron chi connectivity index (χ2n) is 3.06. The summed E-state index contributed by atoms with van der Waals surface area (Å²) in [5.41, 5.74) is 0. The molecule has 2 atom stereocenters. The zero-order valence-corrected chi connectivity index (χ0v) is 6.09. The number of hydrogen-bond acceptors (Lipinski definition) is 0. The summed E-state index contributed by atoms with van der Waals surface area (Å²) in [6, 6.07) is 0. The summed E-state index contributed by atoms with van der Waals surface area (Å²) in [6.45, 7) is 0. The van der Waals surface area contributed by atoms with Crippen LogP contribution in [-0.4, -0.2) is 0 Å². The quantitative estimate of drug-likeness (QED) is 0.475. The molecule has 0 saturated heterocycles. The van der Waals surface area contributed by atoms with Crippen LogP contribution in [0.3, 0.4) is 0 Å². The highest BCUT2D eigenvalue weighted by molar-refractivity contribution is 5.18. The lowest BCUT2D eigenvalue weighted by atomic mass is 9.77. The minimum Gasteiger partial charge on any atom is -0.0808 e. The van der Waals surface area contributed by atoms with Crippen molar-refractivity contribution in [2.24, 2.45) is 11.8 Å². The first-order chi connectivity index (χ1) is 4.97. The Balaban J connectivity index is 2.09. The zero-order valence-electron chi connectivity index (χ0n) is 6.09. The molecule has 0 amide bonds. The third-order valence-corrected chi connectivity index (χ3v) is 2.34. The molecule has 1 fully saturated rings. The van der Waals surface area contributed by atoms with Gasteiger partial charge >= 0.3 is 0 Å². The summed E-state index contributed by atoms with van der Waals surface area (Å²) in [5.74, 6) is 1.41. The summed E-state index contributed by atoms with van der Waals surface area (Å²) in [5, 5.41) is 0. The lowest BCUT2D eigenvalue weighted by Gasteiger charge is -2.27. The maximum Gasteiger partial charge on any atom is -0.00928 e. The van der Waals surface area contributed by atoms with Crippen molar-refractivity contribution in [3.05, 3.63) is 30.7 Å². The van der Waals surface area contributed by atoms with E-state index in [0.717, 1.165) is 5.92 Å². The summed E-state index contributed by atoms with van der Waals surface area (Å²) in [4.78, 5) is 0. The van der Waals surface area contributed by atoms with Gasteiger partial charge in [-0.25, -0.2) is 0 Å². The molecule has 0 heteroatoms. The first kappa shape index (κ1) is 6.21. The van der Waals surface area contributed by atoms with E-state index in [-0.39, 0.29) is 0 Å². The summed E-state index contributed by atoms with van der Waals surface area (Å²) in [7, 11) is 0. The molecule has 0 aromatic rings. The van der Waals surface area contributed by atoms with Gasteiger partial charge in [0.2, 0.25) is 0 Å². The van der Waals surface area contributed by atoms with Crippen LogP contribution in [0.2, 0.25) is 0 Å². The van der Waals surface area contributed by atoms with Crippen LogP contribution in [0.25, 0.3) is 0 Å². The largest absolute Gasteiger partial charge is 0.0808 e. The molecular weight excluding hydrogens is 120 g/mol. The van der Waals surface area contributed by atoms with Crippen molar-refractivity contribution >= 4 is 0 Å². The van der Waals surface area contributed by atoms with Gasteiger partial charge in [-0.2, -0.15) is 0 Å². The van der Waals surface area contributed by atoms with Crippen LogP contribution in [0.4, 0.5) is 0 Å². The number of allylic oxidation sites excluding steroid dienone is 4. The molecule has 2 rings (SSSR count). The Morgan fingerprint density at radius 1 is 1.20 bits per heavy atom. The number of fused-ring (bicyclic) bond motifs is 1. The van der Waals surface area contributed by atoms with Crippen LogP contribution in [-0.2, 0) is 0 Å². The van der Waals surface area contributed by atoms with Gasteiger partial charge in [-0.3, -0.25) is 0 Å². The van der Waals surface area contributed by atoms with Crippen LogP contribution in [0.15, 0.2) is 24.3 Å². The number of rotatable bonds is 0. The third kappa shape index (κ3) is 1.03. The van der Waals surface area contributed by atoms with E-state index in [0.29, 0.717) is 5.92 Å². The molecule has 2 aliphatic carbocycles. The molecule has 0 nitrogen and oxygen atoms in total. The highest BCUT2D eigenvalue weighted by Gasteiger charge is 2.21.